The third-order valence-electron chi connectivity index (χ3n) is 2.68. The van der Waals surface area contributed by atoms with E-state index >= 15 is 0 Å². The lowest BCUT2D eigenvalue weighted by molar-refractivity contribution is -0.143. The molecular formula is C11H21NO3. The smallest absolute Gasteiger partial charge is 0.322 e. The molecule has 0 aromatic carbocycles. The lowest BCUT2D eigenvalue weighted by Crippen LogP contribution is -2.41. The Labute approximate surface area is 91.3 Å². The van der Waals surface area contributed by atoms with Crippen LogP contribution in [0.25, 0.3) is 0 Å². The van der Waals surface area contributed by atoms with Gasteiger partial charge in [-0.15, -0.1) is 0 Å². The summed E-state index contributed by atoms with van der Waals surface area (Å²) >= 11 is 0. The number of ether oxygens (including phenoxy) is 2. The summed E-state index contributed by atoms with van der Waals surface area (Å²) in [5.74, 6) is -0.171. The van der Waals surface area contributed by atoms with Gasteiger partial charge in [0.2, 0.25) is 0 Å². The fraction of sp³-hybridized carbons (Fsp3) is 0.909. The van der Waals surface area contributed by atoms with Gasteiger partial charge in [-0.1, -0.05) is 13.3 Å². The fourth-order valence-corrected chi connectivity index (χ4v) is 1.81. The predicted molar refractivity (Wildman–Crippen MR) is 57.7 cm³/mol. The molecule has 1 aliphatic heterocycles. The van der Waals surface area contributed by atoms with Gasteiger partial charge in [-0.3, -0.25) is 4.79 Å². The molecule has 0 aromatic heterocycles. The Balaban J connectivity index is 2.26. The normalized spacial score (nSPS) is 22.7. The molecule has 0 unspecified atom stereocenters. The Morgan fingerprint density at radius 1 is 1.67 bits per heavy atom. The Hall–Kier alpha value is -0.610. The lowest BCUT2D eigenvalue weighted by atomic mass is 10.1. The van der Waals surface area contributed by atoms with E-state index in [1.165, 1.54) is 7.11 Å². The maximum absolute atomic E-state index is 11.4. The van der Waals surface area contributed by atoms with Crippen molar-refractivity contribution in [2.45, 2.75) is 44.8 Å². The first-order chi connectivity index (χ1) is 7.27. The standard InChI is InChI=1S/C11H21NO3/c1-3-5-10(11(13)14-2)12-8-9-6-4-7-15-9/h9-10,12H,3-8H2,1-2H3/t9-,10+/m0/s1. The SMILES string of the molecule is CCC[C@@H](NC[C@@H]1CCCO1)C(=O)OC. The molecule has 0 saturated carbocycles. The molecule has 1 rings (SSSR count). The average Bonchev–Trinajstić information content (AvgIpc) is 2.76. The highest BCUT2D eigenvalue weighted by molar-refractivity contribution is 5.75. The van der Waals surface area contributed by atoms with E-state index in [1.807, 2.05) is 0 Å². The molecule has 88 valence electrons. The average molecular weight is 215 g/mol. The molecule has 4 heteroatoms. The summed E-state index contributed by atoms with van der Waals surface area (Å²) in [4.78, 5) is 11.4. The van der Waals surface area contributed by atoms with Crippen molar-refractivity contribution in [2.75, 3.05) is 20.3 Å². The molecule has 0 aliphatic carbocycles. The van der Waals surface area contributed by atoms with Crippen LogP contribution in [0.15, 0.2) is 0 Å². The zero-order valence-electron chi connectivity index (χ0n) is 9.62. The van der Waals surface area contributed by atoms with Gasteiger partial charge >= 0.3 is 5.97 Å². The number of methoxy groups -OCH3 is 1. The molecular weight excluding hydrogens is 194 g/mol. The van der Waals surface area contributed by atoms with Crippen LogP contribution in [0, 0.1) is 0 Å². The highest BCUT2D eigenvalue weighted by atomic mass is 16.5. The molecule has 1 fully saturated rings. The largest absolute Gasteiger partial charge is 0.468 e. The summed E-state index contributed by atoms with van der Waals surface area (Å²) in [6.45, 7) is 3.66. The van der Waals surface area contributed by atoms with E-state index in [-0.39, 0.29) is 18.1 Å². The van der Waals surface area contributed by atoms with Crippen LogP contribution in [0.5, 0.6) is 0 Å². The molecule has 1 N–H and O–H groups in total. The molecule has 0 aromatic rings. The van der Waals surface area contributed by atoms with Crippen LogP contribution in [0.4, 0.5) is 0 Å². The van der Waals surface area contributed by atoms with Gasteiger partial charge in [0.15, 0.2) is 0 Å². The molecule has 1 saturated heterocycles. The van der Waals surface area contributed by atoms with Crippen LogP contribution in [-0.4, -0.2) is 38.4 Å². The number of carbonyl (C=O) groups excluding carboxylic acids is 1. The maximum Gasteiger partial charge on any atom is 0.322 e. The Bertz CT molecular complexity index is 190. The molecule has 2 atom stereocenters. The van der Waals surface area contributed by atoms with Gasteiger partial charge in [0.05, 0.1) is 13.2 Å². The quantitative estimate of drug-likeness (QED) is 0.674. The maximum atomic E-state index is 11.4. The Morgan fingerprint density at radius 2 is 2.47 bits per heavy atom. The van der Waals surface area contributed by atoms with Crippen molar-refractivity contribution in [1.82, 2.24) is 5.32 Å². The molecule has 1 heterocycles. The predicted octanol–water partition coefficient (Wildman–Crippen LogP) is 1.10. The summed E-state index contributed by atoms with van der Waals surface area (Å²) in [6, 6.07) is -0.177. The molecule has 0 bridgehead atoms. The third kappa shape index (κ3) is 4.18. The Kier molecular flexibility index (Phi) is 5.65. The number of nitrogens with one attached hydrogen (secondary N) is 1. The van der Waals surface area contributed by atoms with Crippen LogP contribution >= 0.6 is 0 Å². The van der Waals surface area contributed by atoms with Gasteiger partial charge in [-0.2, -0.15) is 0 Å². The highest BCUT2D eigenvalue weighted by Crippen LogP contribution is 2.11. The van der Waals surface area contributed by atoms with Gasteiger partial charge in [-0.25, -0.2) is 0 Å². The lowest BCUT2D eigenvalue weighted by Gasteiger charge is -2.18. The van der Waals surface area contributed by atoms with Crippen LogP contribution < -0.4 is 5.32 Å². The zero-order valence-corrected chi connectivity index (χ0v) is 9.62. The summed E-state index contributed by atoms with van der Waals surface area (Å²) < 4.78 is 10.2. The molecule has 0 amide bonds. The molecule has 0 spiro atoms. The van der Waals surface area contributed by atoms with Crippen LogP contribution in [0.2, 0.25) is 0 Å². The first kappa shape index (κ1) is 12.5. The second kappa shape index (κ2) is 6.80. The summed E-state index contributed by atoms with van der Waals surface area (Å²) in [5, 5.41) is 3.21. The van der Waals surface area contributed by atoms with Crippen LogP contribution in [-0.2, 0) is 14.3 Å². The number of esters is 1. The first-order valence-corrected chi connectivity index (χ1v) is 5.70. The van der Waals surface area contributed by atoms with Gasteiger partial charge in [0, 0.05) is 13.2 Å². The van der Waals surface area contributed by atoms with Crippen molar-refractivity contribution >= 4 is 5.97 Å². The first-order valence-electron chi connectivity index (χ1n) is 5.70. The van der Waals surface area contributed by atoms with Crippen molar-refractivity contribution < 1.29 is 14.3 Å². The van der Waals surface area contributed by atoms with Gasteiger partial charge in [0.25, 0.3) is 0 Å². The number of hydrogen-bond acceptors (Lipinski definition) is 4. The zero-order chi connectivity index (χ0) is 11.1. The minimum Gasteiger partial charge on any atom is -0.468 e. The second-order valence-corrected chi connectivity index (χ2v) is 3.91. The van der Waals surface area contributed by atoms with Gasteiger partial charge < -0.3 is 14.8 Å². The molecule has 4 nitrogen and oxygen atoms in total. The summed E-state index contributed by atoms with van der Waals surface area (Å²) in [6.07, 6.45) is 4.28. The Morgan fingerprint density at radius 3 is 3.00 bits per heavy atom. The van der Waals surface area contributed by atoms with Crippen molar-refractivity contribution in [3.05, 3.63) is 0 Å². The molecule has 0 radical (unpaired) electrons. The van der Waals surface area contributed by atoms with Crippen molar-refractivity contribution in [3.63, 3.8) is 0 Å². The van der Waals surface area contributed by atoms with E-state index in [1.54, 1.807) is 0 Å². The molecule has 1 aliphatic rings. The van der Waals surface area contributed by atoms with E-state index < -0.39 is 0 Å². The van der Waals surface area contributed by atoms with Gasteiger partial charge in [-0.05, 0) is 19.3 Å². The molecule has 15 heavy (non-hydrogen) atoms. The monoisotopic (exact) mass is 215 g/mol. The number of hydrogen-bond donors (Lipinski definition) is 1. The van der Waals surface area contributed by atoms with Crippen LogP contribution in [0.3, 0.4) is 0 Å². The van der Waals surface area contributed by atoms with Crippen molar-refractivity contribution in [2.24, 2.45) is 0 Å². The minimum absolute atomic E-state index is 0.171. The van der Waals surface area contributed by atoms with Gasteiger partial charge in [0.1, 0.15) is 6.04 Å². The van der Waals surface area contributed by atoms with E-state index in [9.17, 15) is 4.79 Å². The number of rotatable bonds is 6. The van der Waals surface area contributed by atoms with E-state index in [0.29, 0.717) is 0 Å². The highest BCUT2D eigenvalue weighted by Gasteiger charge is 2.21. The third-order valence-corrected chi connectivity index (χ3v) is 2.68. The van der Waals surface area contributed by atoms with E-state index in [4.69, 9.17) is 9.47 Å². The fourth-order valence-electron chi connectivity index (χ4n) is 1.81. The minimum atomic E-state index is -0.177. The van der Waals surface area contributed by atoms with E-state index in [2.05, 4.69) is 12.2 Å². The topological polar surface area (TPSA) is 47.6 Å². The van der Waals surface area contributed by atoms with Crippen LogP contribution in [0.1, 0.15) is 32.6 Å². The van der Waals surface area contributed by atoms with E-state index in [0.717, 1.165) is 38.8 Å². The second-order valence-electron chi connectivity index (χ2n) is 3.91. The van der Waals surface area contributed by atoms with Crippen molar-refractivity contribution in [1.29, 1.82) is 0 Å². The summed E-state index contributed by atoms with van der Waals surface area (Å²) in [5.41, 5.74) is 0. The number of carbonyl (C=O) groups is 1. The van der Waals surface area contributed by atoms with Crippen molar-refractivity contribution in [3.8, 4) is 0 Å². The summed E-state index contributed by atoms with van der Waals surface area (Å²) in [7, 11) is 1.43.